The SMILES string of the molecule is COC(=O)/C=C/CNC(=O)CNC(=O)CN(C(=O)C1CCCC1)C1CCN([C@H](C)c2cccc3ccccc23)CC1. The predicted molar refractivity (Wildman–Crippen MR) is 158 cm³/mol. The van der Waals surface area contributed by atoms with E-state index >= 15 is 0 Å². The zero-order valence-corrected chi connectivity index (χ0v) is 24.1. The quantitative estimate of drug-likeness (QED) is 0.321. The molecule has 1 heterocycles. The van der Waals surface area contributed by atoms with Gasteiger partial charge in [0.15, 0.2) is 0 Å². The number of hydrogen-bond donors (Lipinski definition) is 2. The number of esters is 1. The zero-order chi connectivity index (χ0) is 29.2. The maximum atomic E-state index is 13.6. The molecule has 0 bridgehead atoms. The van der Waals surface area contributed by atoms with Gasteiger partial charge in [-0.1, -0.05) is 61.4 Å². The van der Waals surface area contributed by atoms with Crippen molar-refractivity contribution in [2.75, 3.05) is 39.8 Å². The van der Waals surface area contributed by atoms with Crippen molar-refractivity contribution >= 4 is 34.5 Å². The number of hydrogen-bond acceptors (Lipinski definition) is 6. The van der Waals surface area contributed by atoms with Crippen LogP contribution in [0.4, 0.5) is 0 Å². The molecule has 0 aromatic heterocycles. The highest BCUT2D eigenvalue weighted by Crippen LogP contribution is 2.32. The molecule has 2 aliphatic rings. The molecule has 1 saturated heterocycles. The number of piperidine rings is 1. The second-order valence-electron chi connectivity index (χ2n) is 11.0. The monoisotopic (exact) mass is 562 g/mol. The Morgan fingerprint density at radius 2 is 1.68 bits per heavy atom. The van der Waals surface area contributed by atoms with Gasteiger partial charge >= 0.3 is 5.97 Å². The fourth-order valence-electron chi connectivity index (χ4n) is 6.04. The zero-order valence-electron chi connectivity index (χ0n) is 24.1. The molecule has 9 nitrogen and oxygen atoms in total. The van der Waals surface area contributed by atoms with Crippen LogP contribution in [0, 0.1) is 5.92 Å². The third-order valence-corrected chi connectivity index (χ3v) is 8.38. The van der Waals surface area contributed by atoms with Gasteiger partial charge < -0.3 is 20.3 Å². The first-order valence-electron chi connectivity index (χ1n) is 14.7. The molecule has 9 heteroatoms. The molecule has 1 atom stereocenters. The molecule has 4 rings (SSSR count). The van der Waals surface area contributed by atoms with Crippen molar-refractivity contribution in [3.8, 4) is 0 Å². The van der Waals surface area contributed by atoms with Crippen molar-refractivity contribution in [3.63, 3.8) is 0 Å². The van der Waals surface area contributed by atoms with E-state index in [9.17, 15) is 19.2 Å². The number of rotatable bonds is 11. The van der Waals surface area contributed by atoms with Gasteiger partial charge in [-0.15, -0.1) is 0 Å². The Hall–Kier alpha value is -3.72. The Morgan fingerprint density at radius 3 is 2.41 bits per heavy atom. The number of nitrogens with zero attached hydrogens (tertiary/aromatic N) is 2. The Labute approximate surface area is 242 Å². The van der Waals surface area contributed by atoms with Gasteiger partial charge in [-0.2, -0.15) is 0 Å². The highest BCUT2D eigenvalue weighted by atomic mass is 16.5. The van der Waals surface area contributed by atoms with Crippen molar-refractivity contribution in [1.29, 1.82) is 0 Å². The number of methoxy groups -OCH3 is 1. The summed E-state index contributed by atoms with van der Waals surface area (Å²) in [5.41, 5.74) is 1.30. The van der Waals surface area contributed by atoms with Crippen LogP contribution >= 0.6 is 0 Å². The molecular formula is C32H42N4O5. The largest absolute Gasteiger partial charge is 0.466 e. The molecule has 1 aliphatic heterocycles. The van der Waals surface area contributed by atoms with E-state index < -0.39 is 5.97 Å². The van der Waals surface area contributed by atoms with Crippen LogP contribution in [0.2, 0.25) is 0 Å². The van der Waals surface area contributed by atoms with E-state index in [1.807, 2.05) is 0 Å². The van der Waals surface area contributed by atoms with Crippen LogP contribution in [0.1, 0.15) is 57.1 Å². The number of nitrogens with one attached hydrogen (secondary N) is 2. The fourth-order valence-corrected chi connectivity index (χ4v) is 6.04. The standard InChI is InChI=1S/C32H42N4O5/c1-23(27-14-7-12-24-9-5-6-13-28(24)27)35-19-16-26(17-20-35)36(32(40)25-10-3-4-11-25)22-30(38)34-21-29(37)33-18-8-15-31(39)41-2/h5-9,12-15,23,25-26H,3-4,10-11,16-22H2,1-2H3,(H,33,37)(H,34,38)/b15-8+/t23-/m1/s1. The predicted octanol–water partition coefficient (Wildman–Crippen LogP) is 3.35. The summed E-state index contributed by atoms with van der Waals surface area (Å²) in [7, 11) is 1.28. The summed E-state index contributed by atoms with van der Waals surface area (Å²) in [4.78, 5) is 53.9. The van der Waals surface area contributed by atoms with E-state index in [-0.39, 0.29) is 55.4 Å². The van der Waals surface area contributed by atoms with E-state index in [4.69, 9.17) is 0 Å². The fraction of sp³-hybridized carbons (Fsp3) is 0.500. The van der Waals surface area contributed by atoms with Gasteiger partial charge in [-0.05, 0) is 48.9 Å². The van der Waals surface area contributed by atoms with Crippen molar-refractivity contribution < 1.29 is 23.9 Å². The van der Waals surface area contributed by atoms with Gasteiger partial charge in [0.2, 0.25) is 17.7 Å². The first kappa shape index (κ1) is 30.2. The molecule has 3 amide bonds. The summed E-state index contributed by atoms with van der Waals surface area (Å²) < 4.78 is 4.50. The molecule has 2 aromatic carbocycles. The van der Waals surface area contributed by atoms with Crippen molar-refractivity contribution in [2.45, 2.75) is 57.5 Å². The Morgan fingerprint density at radius 1 is 0.976 bits per heavy atom. The number of benzene rings is 2. The van der Waals surface area contributed by atoms with E-state index in [1.54, 1.807) is 4.90 Å². The summed E-state index contributed by atoms with van der Waals surface area (Å²) in [6.45, 7) is 3.82. The molecular weight excluding hydrogens is 520 g/mol. The summed E-state index contributed by atoms with van der Waals surface area (Å²) in [5, 5.41) is 7.76. The average molecular weight is 563 g/mol. The van der Waals surface area contributed by atoms with Gasteiger partial charge in [0.05, 0.1) is 20.2 Å². The normalized spacial score (nSPS) is 17.4. The first-order chi connectivity index (χ1) is 19.9. The van der Waals surface area contributed by atoms with Crippen LogP contribution in [0.25, 0.3) is 10.8 Å². The lowest BCUT2D eigenvalue weighted by Crippen LogP contribution is -2.53. The van der Waals surface area contributed by atoms with Gasteiger partial charge in [-0.25, -0.2) is 4.79 Å². The second kappa shape index (κ2) is 14.8. The number of likely N-dealkylation sites (tertiary alicyclic amines) is 1. The number of carbonyl (C=O) groups is 4. The van der Waals surface area contributed by atoms with Crippen LogP contribution in [0.15, 0.2) is 54.6 Å². The topological polar surface area (TPSA) is 108 Å². The lowest BCUT2D eigenvalue weighted by Gasteiger charge is -2.41. The third-order valence-electron chi connectivity index (χ3n) is 8.38. The smallest absolute Gasteiger partial charge is 0.330 e. The van der Waals surface area contributed by atoms with Gasteiger partial charge in [0.1, 0.15) is 0 Å². The van der Waals surface area contributed by atoms with Crippen LogP contribution in [-0.2, 0) is 23.9 Å². The number of amides is 3. The Balaban J connectivity index is 1.33. The number of carbonyl (C=O) groups excluding carboxylic acids is 4. The lowest BCUT2D eigenvalue weighted by atomic mass is 9.95. The number of ether oxygens (including phenoxy) is 1. The van der Waals surface area contributed by atoms with Crippen LogP contribution < -0.4 is 10.6 Å². The Bertz CT molecular complexity index is 1240. The molecule has 220 valence electrons. The molecule has 1 aliphatic carbocycles. The minimum absolute atomic E-state index is 0.0119. The van der Waals surface area contributed by atoms with Gasteiger partial charge in [0, 0.05) is 43.7 Å². The van der Waals surface area contributed by atoms with E-state index in [0.29, 0.717) is 0 Å². The maximum absolute atomic E-state index is 13.6. The van der Waals surface area contributed by atoms with E-state index in [0.717, 1.165) is 51.6 Å². The molecule has 2 fully saturated rings. The maximum Gasteiger partial charge on any atom is 0.330 e. The van der Waals surface area contributed by atoms with Crippen LogP contribution in [0.5, 0.6) is 0 Å². The summed E-state index contributed by atoms with van der Waals surface area (Å²) in [5.74, 6) is -1.19. The Kier molecular flexibility index (Phi) is 10.9. The molecule has 0 spiro atoms. The van der Waals surface area contributed by atoms with Crippen molar-refractivity contribution in [3.05, 3.63) is 60.2 Å². The van der Waals surface area contributed by atoms with E-state index in [1.165, 1.54) is 35.6 Å². The molecule has 0 unspecified atom stereocenters. The lowest BCUT2D eigenvalue weighted by molar-refractivity contribution is -0.143. The minimum atomic E-state index is -0.506. The molecule has 2 N–H and O–H groups in total. The van der Waals surface area contributed by atoms with Crippen LogP contribution in [0.3, 0.4) is 0 Å². The highest BCUT2D eigenvalue weighted by molar-refractivity contribution is 5.89. The average Bonchev–Trinajstić information content (AvgIpc) is 3.55. The van der Waals surface area contributed by atoms with Crippen LogP contribution in [-0.4, -0.2) is 79.4 Å². The minimum Gasteiger partial charge on any atom is -0.466 e. The van der Waals surface area contributed by atoms with E-state index in [2.05, 4.69) is 69.7 Å². The van der Waals surface area contributed by atoms with Gasteiger partial charge in [-0.3, -0.25) is 19.3 Å². The summed E-state index contributed by atoms with van der Waals surface area (Å²) in [6.07, 6.45) is 8.12. The third kappa shape index (κ3) is 8.16. The number of fused-ring (bicyclic) bond motifs is 1. The molecule has 41 heavy (non-hydrogen) atoms. The molecule has 2 aromatic rings. The highest BCUT2D eigenvalue weighted by Gasteiger charge is 2.35. The van der Waals surface area contributed by atoms with Crippen molar-refractivity contribution in [2.24, 2.45) is 5.92 Å². The van der Waals surface area contributed by atoms with Gasteiger partial charge in [0.25, 0.3) is 0 Å². The molecule has 1 saturated carbocycles. The summed E-state index contributed by atoms with van der Waals surface area (Å²) >= 11 is 0. The second-order valence-corrected chi connectivity index (χ2v) is 11.0. The molecule has 0 radical (unpaired) electrons. The first-order valence-corrected chi connectivity index (χ1v) is 14.7. The summed E-state index contributed by atoms with van der Waals surface area (Å²) in [6, 6.07) is 15.1. The van der Waals surface area contributed by atoms with Crippen molar-refractivity contribution in [1.82, 2.24) is 20.4 Å².